The topological polar surface area (TPSA) is 92.5 Å². The van der Waals surface area contributed by atoms with Crippen LogP contribution in [0, 0.1) is 24.7 Å². The van der Waals surface area contributed by atoms with E-state index in [1.165, 1.54) is 4.90 Å². The molecule has 0 radical (unpaired) electrons. The molecule has 0 bridgehead atoms. The van der Waals surface area contributed by atoms with Gasteiger partial charge in [0, 0.05) is 12.6 Å². The fraction of sp³-hybridized carbons (Fsp3) is 0.455. The SMILES string of the molecule is Cc1nc2cc(NC(=O)[C@H](CC(C)C)N3C(=O)[C@H]4CC=CC[C@@H]4C3=O)ccc2o1. The van der Waals surface area contributed by atoms with Crippen molar-refractivity contribution >= 4 is 34.5 Å². The number of rotatable bonds is 5. The van der Waals surface area contributed by atoms with Crippen LogP contribution in [0.1, 0.15) is 39.0 Å². The number of amides is 3. The summed E-state index contributed by atoms with van der Waals surface area (Å²) >= 11 is 0. The Labute approximate surface area is 169 Å². The largest absolute Gasteiger partial charge is 0.441 e. The summed E-state index contributed by atoms with van der Waals surface area (Å²) in [4.78, 5) is 44.6. The van der Waals surface area contributed by atoms with Gasteiger partial charge in [0.2, 0.25) is 17.7 Å². The number of benzene rings is 1. The third-order valence-corrected chi connectivity index (χ3v) is 5.61. The van der Waals surface area contributed by atoms with Crippen molar-refractivity contribution in [3.8, 4) is 0 Å². The number of likely N-dealkylation sites (tertiary alicyclic amines) is 1. The smallest absolute Gasteiger partial charge is 0.247 e. The highest BCUT2D eigenvalue weighted by molar-refractivity contribution is 6.10. The van der Waals surface area contributed by atoms with Gasteiger partial charge >= 0.3 is 0 Å². The number of anilines is 1. The zero-order valence-corrected chi connectivity index (χ0v) is 16.8. The van der Waals surface area contributed by atoms with E-state index < -0.39 is 6.04 Å². The van der Waals surface area contributed by atoms with Crippen LogP contribution in [0.2, 0.25) is 0 Å². The van der Waals surface area contributed by atoms with Crippen molar-refractivity contribution in [2.24, 2.45) is 17.8 Å². The number of imide groups is 1. The molecule has 1 aliphatic heterocycles. The summed E-state index contributed by atoms with van der Waals surface area (Å²) in [5.41, 5.74) is 1.84. The highest BCUT2D eigenvalue weighted by Gasteiger charge is 2.51. The molecule has 0 spiro atoms. The predicted octanol–water partition coefficient (Wildman–Crippen LogP) is 3.44. The van der Waals surface area contributed by atoms with Crippen molar-refractivity contribution < 1.29 is 18.8 Å². The van der Waals surface area contributed by atoms with Crippen LogP contribution in [0.3, 0.4) is 0 Å². The van der Waals surface area contributed by atoms with Crippen LogP contribution in [-0.2, 0) is 14.4 Å². The molecule has 4 rings (SSSR count). The summed E-state index contributed by atoms with van der Waals surface area (Å²) in [7, 11) is 0. The average molecular weight is 395 g/mol. The molecule has 152 valence electrons. The first-order valence-corrected chi connectivity index (χ1v) is 10.0. The van der Waals surface area contributed by atoms with E-state index >= 15 is 0 Å². The van der Waals surface area contributed by atoms with Crippen molar-refractivity contribution in [2.45, 2.75) is 46.1 Å². The Kier molecular flexibility index (Phi) is 4.98. The number of nitrogens with one attached hydrogen (secondary N) is 1. The Bertz CT molecular complexity index is 981. The Morgan fingerprint density at radius 3 is 2.48 bits per heavy atom. The maximum atomic E-state index is 13.2. The van der Waals surface area contributed by atoms with Crippen molar-refractivity contribution in [1.29, 1.82) is 0 Å². The highest BCUT2D eigenvalue weighted by Crippen LogP contribution is 2.37. The molecular weight excluding hydrogens is 370 g/mol. The molecule has 1 aromatic carbocycles. The monoisotopic (exact) mass is 395 g/mol. The van der Waals surface area contributed by atoms with Gasteiger partial charge in [-0.05, 0) is 43.4 Å². The van der Waals surface area contributed by atoms with Crippen LogP contribution in [0.25, 0.3) is 11.1 Å². The number of fused-ring (bicyclic) bond motifs is 2. The molecule has 2 aromatic rings. The Balaban J connectivity index is 1.59. The summed E-state index contributed by atoms with van der Waals surface area (Å²) in [6.45, 7) is 5.71. The van der Waals surface area contributed by atoms with Gasteiger partial charge in [0.25, 0.3) is 0 Å². The summed E-state index contributed by atoms with van der Waals surface area (Å²) in [5, 5.41) is 2.87. The summed E-state index contributed by atoms with van der Waals surface area (Å²) in [6.07, 6.45) is 5.43. The molecule has 29 heavy (non-hydrogen) atoms. The fourth-order valence-electron chi connectivity index (χ4n) is 4.26. The van der Waals surface area contributed by atoms with E-state index in [0.717, 1.165) is 0 Å². The lowest BCUT2D eigenvalue weighted by Crippen LogP contribution is -2.48. The van der Waals surface area contributed by atoms with Crippen molar-refractivity contribution in [3.05, 3.63) is 36.2 Å². The van der Waals surface area contributed by atoms with E-state index in [0.29, 0.717) is 41.9 Å². The Hall–Kier alpha value is -2.96. The molecule has 0 saturated carbocycles. The van der Waals surface area contributed by atoms with Gasteiger partial charge in [0.1, 0.15) is 11.6 Å². The maximum absolute atomic E-state index is 13.2. The molecular formula is C22H25N3O4. The van der Waals surface area contributed by atoms with Crippen LogP contribution in [0.5, 0.6) is 0 Å². The van der Waals surface area contributed by atoms with Crippen LogP contribution >= 0.6 is 0 Å². The minimum absolute atomic E-state index is 0.146. The summed E-state index contributed by atoms with van der Waals surface area (Å²) < 4.78 is 5.46. The molecule has 7 heteroatoms. The normalized spacial score (nSPS) is 22.4. The molecule has 3 atom stereocenters. The molecule has 3 amide bonds. The number of carbonyl (C=O) groups is 3. The molecule has 1 aromatic heterocycles. The molecule has 0 unspecified atom stereocenters. The van der Waals surface area contributed by atoms with Gasteiger partial charge in [-0.2, -0.15) is 0 Å². The lowest BCUT2D eigenvalue weighted by atomic mass is 9.85. The van der Waals surface area contributed by atoms with Crippen LogP contribution in [0.15, 0.2) is 34.8 Å². The number of aromatic nitrogens is 1. The number of allylic oxidation sites excluding steroid dienone is 2. The molecule has 2 aliphatic rings. The first kappa shape index (κ1) is 19.4. The van der Waals surface area contributed by atoms with Gasteiger partial charge in [0.05, 0.1) is 11.8 Å². The predicted molar refractivity (Wildman–Crippen MR) is 108 cm³/mol. The second kappa shape index (κ2) is 7.46. The number of carbonyl (C=O) groups excluding carboxylic acids is 3. The summed E-state index contributed by atoms with van der Waals surface area (Å²) in [5.74, 6) is -0.806. The van der Waals surface area contributed by atoms with Crippen molar-refractivity contribution in [2.75, 3.05) is 5.32 Å². The minimum atomic E-state index is -0.824. The fourth-order valence-corrected chi connectivity index (χ4v) is 4.26. The molecule has 2 heterocycles. The van der Waals surface area contributed by atoms with E-state index in [4.69, 9.17) is 4.42 Å². The Morgan fingerprint density at radius 2 is 1.86 bits per heavy atom. The second-order valence-corrected chi connectivity index (χ2v) is 8.25. The molecule has 1 fully saturated rings. The van der Waals surface area contributed by atoms with Gasteiger partial charge in [-0.25, -0.2) is 4.98 Å². The number of oxazole rings is 1. The number of nitrogens with zero attached hydrogens (tertiary/aromatic N) is 2. The van der Waals surface area contributed by atoms with Gasteiger partial charge in [0.15, 0.2) is 11.5 Å². The Morgan fingerprint density at radius 1 is 1.21 bits per heavy atom. The first-order valence-electron chi connectivity index (χ1n) is 10.0. The van der Waals surface area contributed by atoms with E-state index in [1.54, 1.807) is 25.1 Å². The van der Waals surface area contributed by atoms with E-state index in [9.17, 15) is 14.4 Å². The summed E-state index contributed by atoms with van der Waals surface area (Å²) in [6, 6.07) is 4.38. The lowest BCUT2D eigenvalue weighted by molar-refractivity contribution is -0.147. The lowest BCUT2D eigenvalue weighted by Gasteiger charge is -2.27. The van der Waals surface area contributed by atoms with Crippen LogP contribution in [0.4, 0.5) is 5.69 Å². The molecule has 7 nitrogen and oxygen atoms in total. The van der Waals surface area contributed by atoms with E-state index in [2.05, 4.69) is 10.3 Å². The zero-order valence-electron chi connectivity index (χ0n) is 16.8. The van der Waals surface area contributed by atoms with Gasteiger partial charge < -0.3 is 9.73 Å². The standard InChI is InChI=1S/C22H25N3O4/c1-12(2)10-18(25-21(27)15-6-4-5-7-16(15)22(25)28)20(26)24-14-8-9-19-17(11-14)23-13(3)29-19/h4-5,8-9,11-12,15-16,18H,6-7,10H2,1-3H3,(H,24,26)/t15-,16-,18-/m0/s1. The maximum Gasteiger partial charge on any atom is 0.247 e. The zero-order chi connectivity index (χ0) is 20.7. The van der Waals surface area contributed by atoms with Gasteiger partial charge in [-0.15, -0.1) is 0 Å². The average Bonchev–Trinajstić information content (AvgIpc) is 3.16. The van der Waals surface area contributed by atoms with Gasteiger partial charge in [-0.1, -0.05) is 26.0 Å². The van der Waals surface area contributed by atoms with Crippen molar-refractivity contribution in [1.82, 2.24) is 9.88 Å². The molecule has 1 N–H and O–H groups in total. The third-order valence-electron chi connectivity index (χ3n) is 5.61. The number of hydrogen-bond donors (Lipinski definition) is 1. The van der Waals surface area contributed by atoms with E-state index in [1.807, 2.05) is 26.0 Å². The van der Waals surface area contributed by atoms with Crippen LogP contribution in [-0.4, -0.2) is 33.6 Å². The number of aryl methyl sites for hydroxylation is 1. The first-order chi connectivity index (χ1) is 13.8. The van der Waals surface area contributed by atoms with Gasteiger partial charge in [-0.3, -0.25) is 19.3 Å². The highest BCUT2D eigenvalue weighted by atomic mass is 16.3. The number of hydrogen-bond acceptors (Lipinski definition) is 5. The van der Waals surface area contributed by atoms with E-state index in [-0.39, 0.29) is 35.5 Å². The molecule has 1 saturated heterocycles. The minimum Gasteiger partial charge on any atom is -0.441 e. The van der Waals surface area contributed by atoms with Crippen molar-refractivity contribution in [3.63, 3.8) is 0 Å². The second-order valence-electron chi connectivity index (χ2n) is 8.25. The molecule has 1 aliphatic carbocycles. The quantitative estimate of drug-likeness (QED) is 0.618. The van der Waals surface area contributed by atoms with Crippen LogP contribution < -0.4 is 5.32 Å². The third kappa shape index (κ3) is 3.57.